The van der Waals surface area contributed by atoms with Gasteiger partial charge < -0.3 is 19.5 Å². The molecule has 1 aliphatic rings. The molecule has 7 nitrogen and oxygen atoms in total. The van der Waals surface area contributed by atoms with E-state index in [0.717, 1.165) is 5.56 Å². The molecule has 1 saturated heterocycles. The predicted molar refractivity (Wildman–Crippen MR) is 127 cm³/mol. The van der Waals surface area contributed by atoms with E-state index in [-0.39, 0.29) is 24.0 Å². The molecular formula is C27H26N2O5. The summed E-state index contributed by atoms with van der Waals surface area (Å²) in [4.78, 5) is 31.9. The van der Waals surface area contributed by atoms with Gasteiger partial charge in [-0.1, -0.05) is 18.2 Å². The molecule has 0 saturated carbocycles. The molecule has 174 valence electrons. The third-order valence-electron chi connectivity index (χ3n) is 5.59. The summed E-state index contributed by atoms with van der Waals surface area (Å²) in [6, 6.07) is 16.8. The third kappa shape index (κ3) is 4.50. The summed E-state index contributed by atoms with van der Waals surface area (Å²) in [5.74, 6) is -0.406. The number of hydrogen-bond donors (Lipinski definition) is 1. The zero-order valence-corrected chi connectivity index (χ0v) is 19.3. The Balaban J connectivity index is 1.79. The van der Waals surface area contributed by atoms with E-state index in [0.29, 0.717) is 22.6 Å². The lowest BCUT2D eigenvalue weighted by Gasteiger charge is -2.26. The highest BCUT2D eigenvalue weighted by Crippen LogP contribution is 2.41. The topological polar surface area (TPSA) is 89.0 Å². The minimum atomic E-state index is -0.778. The number of Topliss-reactive ketones (excluding diaryl/α,β-unsaturated/α-hetero) is 1. The highest BCUT2D eigenvalue weighted by molar-refractivity contribution is 6.46. The van der Waals surface area contributed by atoms with Crippen molar-refractivity contribution in [1.29, 1.82) is 0 Å². The van der Waals surface area contributed by atoms with Crippen molar-refractivity contribution in [2.75, 3.05) is 7.11 Å². The lowest BCUT2D eigenvalue weighted by molar-refractivity contribution is -0.140. The Bertz CT molecular complexity index is 1220. The van der Waals surface area contributed by atoms with Gasteiger partial charge in [0.2, 0.25) is 0 Å². The van der Waals surface area contributed by atoms with E-state index >= 15 is 0 Å². The predicted octanol–water partition coefficient (Wildman–Crippen LogP) is 4.50. The van der Waals surface area contributed by atoms with Crippen molar-refractivity contribution in [3.05, 3.63) is 95.3 Å². The van der Waals surface area contributed by atoms with Crippen LogP contribution in [0.1, 0.15) is 36.6 Å². The fourth-order valence-corrected chi connectivity index (χ4v) is 4.07. The van der Waals surface area contributed by atoms with Crippen LogP contribution in [0.2, 0.25) is 0 Å². The molecule has 0 radical (unpaired) electrons. The first-order valence-electron chi connectivity index (χ1n) is 11.0. The monoisotopic (exact) mass is 458 g/mol. The molecule has 1 aromatic heterocycles. The molecule has 0 aliphatic carbocycles. The van der Waals surface area contributed by atoms with E-state index in [9.17, 15) is 14.7 Å². The number of ketones is 1. The average molecular weight is 459 g/mol. The van der Waals surface area contributed by atoms with Crippen LogP contribution < -0.4 is 9.47 Å². The molecule has 1 unspecified atom stereocenters. The van der Waals surface area contributed by atoms with Crippen LogP contribution in [0.3, 0.4) is 0 Å². The molecule has 1 amide bonds. The molecule has 1 fully saturated rings. The van der Waals surface area contributed by atoms with Gasteiger partial charge in [-0.05, 0) is 61.9 Å². The molecule has 0 spiro atoms. The van der Waals surface area contributed by atoms with Crippen molar-refractivity contribution in [3.8, 4) is 11.5 Å². The van der Waals surface area contributed by atoms with E-state index < -0.39 is 17.7 Å². The first-order valence-corrected chi connectivity index (χ1v) is 11.0. The number of amides is 1. The summed E-state index contributed by atoms with van der Waals surface area (Å²) in [6.07, 6.45) is 3.19. The van der Waals surface area contributed by atoms with E-state index in [4.69, 9.17) is 9.47 Å². The van der Waals surface area contributed by atoms with E-state index in [1.807, 2.05) is 32.0 Å². The molecule has 2 aromatic carbocycles. The Hall–Kier alpha value is -4.13. The van der Waals surface area contributed by atoms with Crippen molar-refractivity contribution in [2.45, 2.75) is 32.5 Å². The second-order valence-electron chi connectivity index (χ2n) is 8.21. The Kier molecular flexibility index (Phi) is 6.63. The fraction of sp³-hybridized carbons (Fsp3) is 0.222. The molecule has 1 atom stereocenters. The van der Waals surface area contributed by atoms with E-state index in [1.54, 1.807) is 62.0 Å². The fourth-order valence-electron chi connectivity index (χ4n) is 4.07. The van der Waals surface area contributed by atoms with Gasteiger partial charge in [-0.25, -0.2) is 0 Å². The number of methoxy groups -OCH3 is 1. The number of para-hydroxylation sites is 1. The second-order valence-corrected chi connectivity index (χ2v) is 8.21. The van der Waals surface area contributed by atoms with Crippen LogP contribution in [-0.4, -0.2) is 39.9 Å². The van der Waals surface area contributed by atoms with Crippen molar-refractivity contribution >= 4 is 17.4 Å². The zero-order valence-electron chi connectivity index (χ0n) is 19.3. The molecular weight excluding hydrogens is 432 g/mol. The Morgan fingerprint density at radius 1 is 1.03 bits per heavy atom. The van der Waals surface area contributed by atoms with Gasteiger partial charge in [0, 0.05) is 23.5 Å². The van der Waals surface area contributed by atoms with E-state index in [1.165, 1.54) is 4.90 Å². The van der Waals surface area contributed by atoms with Gasteiger partial charge in [-0.3, -0.25) is 14.6 Å². The van der Waals surface area contributed by atoms with Crippen LogP contribution in [0, 0.1) is 0 Å². The van der Waals surface area contributed by atoms with Crippen molar-refractivity contribution < 1.29 is 24.2 Å². The molecule has 7 heteroatoms. The standard InChI is InChI=1S/C27H26N2O5/c1-17(2)34-21-10-8-19(9-11-21)25(30)23-24(18-12-14-28-15-13-18)29(27(32)26(23)31)16-20-6-4-5-7-22(20)33-3/h4-15,17,24,30H,16H2,1-3H3/b25-23+. The summed E-state index contributed by atoms with van der Waals surface area (Å²) in [6.45, 7) is 3.98. The van der Waals surface area contributed by atoms with Gasteiger partial charge in [0.1, 0.15) is 17.3 Å². The minimum absolute atomic E-state index is 0.00596. The van der Waals surface area contributed by atoms with Crippen molar-refractivity contribution in [3.63, 3.8) is 0 Å². The molecule has 1 aliphatic heterocycles. The lowest BCUT2D eigenvalue weighted by Crippen LogP contribution is -2.29. The maximum Gasteiger partial charge on any atom is 0.295 e. The van der Waals surface area contributed by atoms with Crippen LogP contribution in [0.5, 0.6) is 11.5 Å². The molecule has 3 aromatic rings. The first kappa shape index (κ1) is 23.0. The molecule has 0 bridgehead atoms. The van der Waals surface area contributed by atoms with E-state index in [2.05, 4.69) is 4.98 Å². The van der Waals surface area contributed by atoms with Crippen molar-refractivity contribution in [2.24, 2.45) is 0 Å². The average Bonchev–Trinajstić information content (AvgIpc) is 3.09. The number of rotatable bonds is 7. The van der Waals surface area contributed by atoms with Crippen LogP contribution in [0.25, 0.3) is 5.76 Å². The summed E-state index contributed by atoms with van der Waals surface area (Å²) in [7, 11) is 1.56. The number of pyridine rings is 1. The van der Waals surface area contributed by atoms with Gasteiger partial charge in [0.05, 0.1) is 31.4 Å². The largest absolute Gasteiger partial charge is 0.507 e. The molecule has 34 heavy (non-hydrogen) atoms. The van der Waals surface area contributed by atoms with Crippen LogP contribution >= 0.6 is 0 Å². The normalized spacial score (nSPS) is 17.3. The Labute approximate surface area is 198 Å². The van der Waals surface area contributed by atoms with Crippen LogP contribution in [-0.2, 0) is 16.1 Å². The number of benzene rings is 2. The Morgan fingerprint density at radius 3 is 2.35 bits per heavy atom. The number of nitrogens with zero attached hydrogens (tertiary/aromatic N) is 2. The van der Waals surface area contributed by atoms with Gasteiger partial charge >= 0.3 is 0 Å². The summed E-state index contributed by atoms with van der Waals surface area (Å²) < 4.78 is 11.1. The zero-order chi connectivity index (χ0) is 24.2. The maximum atomic E-state index is 13.2. The van der Waals surface area contributed by atoms with Gasteiger partial charge in [-0.2, -0.15) is 0 Å². The number of hydrogen-bond acceptors (Lipinski definition) is 6. The number of likely N-dealkylation sites (tertiary alicyclic amines) is 1. The minimum Gasteiger partial charge on any atom is -0.507 e. The van der Waals surface area contributed by atoms with Crippen molar-refractivity contribution in [1.82, 2.24) is 9.88 Å². The SMILES string of the molecule is COc1ccccc1CN1C(=O)C(=O)/C(=C(/O)c2ccc(OC(C)C)cc2)C1c1ccncc1. The summed E-state index contributed by atoms with van der Waals surface area (Å²) >= 11 is 0. The number of aliphatic hydroxyl groups excluding tert-OH is 1. The number of aromatic nitrogens is 1. The highest BCUT2D eigenvalue weighted by atomic mass is 16.5. The summed E-state index contributed by atoms with van der Waals surface area (Å²) in [5.41, 5.74) is 1.88. The Morgan fingerprint density at radius 2 is 1.71 bits per heavy atom. The number of carbonyl (C=O) groups is 2. The van der Waals surface area contributed by atoms with Gasteiger partial charge in [0.25, 0.3) is 11.7 Å². The third-order valence-corrected chi connectivity index (χ3v) is 5.59. The van der Waals surface area contributed by atoms with Crippen LogP contribution in [0.15, 0.2) is 78.6 Å². The molecule has 2 heterocycles. The number of aliphatic hydroxyl groups is 1. The highest BCUT2D eigenvalue weighted by Gasteiger charge is 2.46. The molecule has 1 N–H and O–H groups in total. The first-order chi connectivity index (χ1) is 16.4. The number of ether oxygens (including phenoxy) is 2. The lowest BCUT2D eigenvalue weighted by atomic mass is 9.95. The maximum absolute atomic E-state index is 13.2. The van der Waals surface area contributed by atoms with Gasteiger partial charge in [-0.15, -0.1) is 0 Å². The van der Waals surface area contributed by atoms with Crippen LogP contribution in [0.4, 0.5) is 0 Å². The second kappa shape index (κ2) is 9.79. The van der Waals surface area contributed by atoms with Gasteiger partial charge in [0.15, 0.2) is 0 Å². The summed E-state index contributed by atoms with van der Waals surface area (Å²) in [5, 5.41) is 11.2. The quantitative estimate of drug-likeness (QED) is 0.319. The smallest absolute Gasteiger partial charge is 0.295 e. The molecule has 4 rings (SSSR count). The number of carbonyl (C=O) groups excluding carboxylic acids is 2.